The van der Waals surface area contributed by atoms with Gasteiger partial charge in [-0.25, -0.2) is 4.98 Å². The number of carbonyl (C=O) groups is 2. The van der Waals surface area contributed by atoms with Crippen LogP contribution in [0, 0.1) is 5.92 Å². The number of primary amides is 1. The molecular weight excluding hydrogens is 316 g/mol. The van der Waals surface area contributed by atoms with Crippen LogP contribution in [0.15, 0.2) is 12.3 Å². The van der Waals surface area contributed by atoms with Gasteiger partial charge in [-0.3, -0.25) is 9.59 Å². The van der Waals surface area contributed by atoms with Crippen LogP contribution in [0.2, 0.25) is 5.02 Å². The first-order chi connectivity index (χ1) is 10.8. The summed E-state index contributed by atoms with van der Waals surface area (Å²) in [5, 5.41) is 0.381. The van der Waals surface area contributed by atoms with Crippen molar-refractivity contribution in [1.82, 2.24) is 9.88 Å². The molecule has 0 spiro atoms. The number of piperidine rings is 1. The predicted octanol–water partition coefficient (Wildman–Crippen LogP) is 1.92. The van der Waals surface area contributed by atoms with Gasteiger partial charge < -0.3 is 15.5 Å². The molecule has 0 bridgehead atoms. The fourth-order valence-electron chi connectivity index (χ4n) is 2.71. The number of hydrogen-bond acceptors (Lipinski definition) is 4. The van der Waals surface area contributed by atoms with Crippen molar-refractivity contribution < 1.29 is 9.59 Å². The van der Waals surface area contributed by atoms with E-state index in [1.165, 1.54) is 12.3 Å². The molecule has 1 fully saturated rings. The molecule has 2 N–H and O–H groups in total. The predicted molar refractivity (Wildman–Crippen MR) is 90.6 cm³/mol. The minimum Gasteiger partial charge on any atom is -0.366 e. The lowest BCUT2D eigenvalue weighted by Gasteiger charge is -2.36. The van der Waals surface area contributed by atoms with Gasteiger partial charge >= 0.3 is 0 Å². The largest absolute Gasteiger partial charge is 0.366 e. The summed E-state index contributed by atoms with van der Waals surface area (Å²) in [5.74, 6) is 0.122. The fourth-order valence-corrected chi connectivity index (χ4v) is 3.00. The normalized spacial score (nSPS) is 18.1. The number of nitrogens with two attached hydrogens (primary N) is 1. The standard InChI is InChI=1S/C16H23ClN4O2/c1-10(2)20(3)16(23)11-5-4-6-21(9-11)15-13(17)7-12(8-19-15)14(18)22/h7-8,10-11H,4-6,9H2,1-3H3,(H2,18,22)/t11-/m0/s1. The van der Waals surface area contributed by atoms with E-state index < -0.39 is 5.91 Å². The molecule has 0 saturated carbocycles. The summed E-state index contributed by atoms with van der Waals surface area (Å²) in [6.07, 6.45) is 3.19. The second kappa shape index (κ2) is 7.17. The molecular formula is C16H23ClN4O2. The zero-order valence-electron chi connectivity index (χ0n) is 13.8. The summed E-state index contributed by atoms with van der Waals surface area (Å²) in [6.45, 7) is 5.37. The Kier molecular flexibility index (Phi) is 5.46. The van der Waals surface area contributed by atoms with Crippen LogP contribution >= 0.6 is 11.6 Å². The minimum absolute atomic E-state index is 0.0650. The summed E-state index contributed by atoms with van der Waals surface area (Å²) >= 11 is 6.24. The van der Waals surface area contributed by atoms with E-state index in [2.05, 4.69) is 4.98 Å². The van der Waals surface area contributed by atoms with Crippen LogP contribution in [0.5, 0.6) is 0 Å². The molecule has 1 saturated heterocycles. The van der Waals surface area contributed by atoms with Crippen LogP contribution in [0.1, 0.15) is 37.0 Å². The molecule has 1 aliphatic rings. The van der Waals surface area contributed by atoms with Gasteiger partial charge in [0.2, 0.25) is 11.8 Å². The van der Waals surface area contributed by atoms with Gasteiger partial charge in [0.25, 0.3) is 0 Å². The van der Waals surface area contributed by atoms with Crippen molar-refractivity contribution in [3.8, 4) is 0 Å². The second-order valence-electron chi connectivity index (χ2n) is 6.22. The van der Waals surface area contributed by atoms with Crippen LogP contribution in [0.3, 0.4) is 0 Å². The summed E-state index contributed by atoms with van der Waals surface area (Å²) in [5.41, 5.74) is 5.51. The third kappa shape index (κ3) is 3.93. The highest BCUT2D eigenvalue weighted by atomic mass is 35.5. The lowest BCUT2D eigenvalue weighted by Crippen LogP contribution is -2.45. The summed E-state index contributed by atoms with van der Waals surface area (Å²) in [4.78, 5) is 31.8. The van der Waals surface area contributed by atoms with E-state index in [1.807, 2.05) is 25.8 Å². The Balaban J connectivity index is 2.15. The first-order valence-electron chi connectivity index (χ1n) is 7.78. The number of carbonyl (C=O) groups excluding carboxylic acids is 2. The number of aromatic nitrogens is 1. The maximum absolute atomic E-state index is 12.5. The monoisotopic (exact) mass is 338 g/mol. The van der Waals surface area contributed by atoms with Crippen molar-refractivity contribution in [1.29, 1.82) is 0 Å². The first kappa shape index (κ1) is 17.5. The molecule has 23 heavy (non-hydrogen) atoms. The summed E-state index contributed by atoms with van der Waals surface area (Å²) in [7, 11) is 1.83. The van der Waals surface area contributed by atoms with Gasteiger partial charge in [0, 0.05) is 32.4 Å². The molecule has 1 aromatic heterocycles. The number of amides is 2. The number of hydrogen-bond donors (Lipinski definition) is 1. The second-order valence-corrected chi connectivity index (χ2v) is 6.63. The Bertz CT molecular complexity index is 606. The Hall–Kier alpha value is -1.82. The minimum atomic E-state index is -0.559. The van der Waals surface area contributed by atoms with Gasteiger partial charge in [0.15, 0.2) is 0 Å². The van der Waals surface area contributed by atoms with Crippen molar-refractivity contribution in [3.63, 3.8) is 0 Å². The number of anilines is 1. The van der Waals surface area contributed by atoms with Crippen LogP contribution in [0.4, 0.5) is 5.82 Å². The van der Waals surface area contributed by atoms with Crippen LogP contribution in [0.25, 0.3) is 0 Å². The zero-order valence-corrected chi connectivity index (χ0v) is 14.5. The number of rotatable bonds is 4. The van der Waals surface area contributed by atoms with Crippen molar-refractivity contribution >= 4 is 29.2 Å². The molecule has 2 rings (SSSR count). The van der Waals surface area contributed by atoms with Crippen LogP contribution in [-0.2, 0) is 4.79 Å². The van der Waals surface area contributed by atoms with E-state index in [0.29, 0.717) is 17.4 Å². The SMILES string of the molecule is CC(C)N(C)C(=O)[C@H]1CCCN(c2ncc(C(N)=O)cc2Cl)C1. The molecule has 0 aromatic carbocycles. The van der Waals surface area contributed by atoms with Gasteiger partial charge in [-0.1, -0.05) is 11.6 Å². The van der Waals surface area contributed by atoms with Crippen LogP contribution in [-0.4, -0.2) is 47.9 Å². The van der Waals surface area contributed by atoms with Gasteiger partial charge in [0.1, 0.15) is 5.82 Å². The summed E-state index contributed by atoms with van der Waals surface area (Å²) < 4.78 is 0. The van der Waals surface area contributed by atoms with E-state index in [0.717, 1.165) is 19.4 Å². The Morgan fingerprint density at radius 2 is 2.17 bits per heavy atom. The van der Waals surface area contributed by atoms with Crippen molar-refractivity contribution in [2.45, 2.75) is 32.7 Å². The molecule has 0 aliphatic carbocycles. The van der Waals surface area contributed by atoms with Gasteiger partial charge in [-0.2, -0.15) is 0 Å². The molecule has 0 unspecified atom stereocenters. The maximum Gasteiger partial charge on any atom is 0.250 e. The van der Waals surface area contributed by atoms with Gasteiger partial charge in [0.05, 0.1) is 16.5 Å². The lowest BCUT2D eigenvalue weighted by atomic mass is 9.96. The molecule has 2 heterocycles. The van der Waals surface area contributed by atoms with Crippen LogP contribution < -0.4 is 10.6 Å². The molecule has 1 aromatic rings. The average molecular weight is 339 g/mol. The van der Waals surface area contributed by atoms with Crippen molar-refractivity contribution in [3.05, 3.63) is 22.8 Å². The lowest BCUT2D eigenvalue weighted by molar-refractivity contribution is -0.135. The highest BCUT2D eigenvalue weighted by Crippen LogP contribution is 2.29. The molecule has 6 nitrogen and oxygen atoms in total. The van der Waals surface area contributed by atoms with Gasteiger partial charge in [-0.05, 0) is 32.8 Å². The van der Waals surface area contributed by atoms with E-state index in [4.69, 9.17) is 17.3 Å². The highest BCUT2D eigenvalue weighted by molar-refractivity contribution is 6.33. The molecule has 7 heteroatoms. The Morgan fingerprint density at radius 3 is 2.74 bits per heavy atom. The topological polar surface area (TPSA) is 79.5 Å². The quantitative estimate of drug-likeness (QED) is 0.909. The first-order valence-corrected chi connectivity index (χ1v) is 8.16. The van der Waals surface area contributed by atoms with E-state index in [-0.39, 0.29) is 23.4 Å². The van der Waals surface area contributed by atoms with Gasteiger partial charge in [-0.15, -0.1) is 0 Å². The van der Waals surface area contributed by atoms with E-state index in [1.54, 1.807) is 4.90 Å². The Labute approximate surface area is 141 Å². The highest BCUT2D eigenvalue weighted by Gasteiger charge is 2.30. The smallest absolute Gasteiger partial charge is 0.250 e. The maximum atomic E-state index is 12.5. The average Bonchev–Trinajstić information content (AvgIpc) is 2.53. The molecule has 1 aliphatic heterocycles. The molecule has 1 atom stereocenters. The van der Waals surface area contributed by atoms with Crippen molar-refractivity contribution in [2.75, 3.05) is 25.0 Å². The van der Waals surface area contributed by atoms with E-state index >= 15 is 0 Å². The number of halogens is 1. The fraction of sp³-hybridized carbons (Fsp3) is 0.562. The third-order valence-electron chi connectivity index (χ3n) is 4.30. The van der Waals surface area contributed by atoms with E-state index in [9.17, 15) is 9.59 Å². The molecule has 2 amide bonds. The van der Waals surface area contributed by atoms with Crippen molar-refractivity contribution in [2.24, 2.45) is 11.7 Å². The zero-order chi connectivity index (χ0) is 17.1. The third-order valence-corrected chi connectivity index (χ3v) is 4.58. The molecule has 0 radical (unpaired) electrons. The summed E-state index contributed by atoms with van der Waals surface area (Å²) in [6, 6.07) is 1.70. The molecule has 126 valence electrons. The Morgan fingerprint density at radius 1 is 1.48 bits per heavy atom. The number of nitrogens with zero attached hydrogens (tertiary/aromatic N) is 3. The number of pyridine rings is 1.